The Kier molecular flexibility index (Phi) is 4.44. The quantitative estimate of drug-likeness (QED) is 0.667. The van der Waals surface area contributed by atoms with Crippen LogP contribution in [-0.4, -0.2) is 21.8 Å². The van der Waals surface area contributed by atoms with Gasteiger partial charge in [-0.1, -0.05) is 31.2 Å². The van der Waals surface area contributed by atoms with Gasteiger partial charge in [0.1, 0.15) is 6.17 Å². The van der Waals surface area contributed by atoms with Gasteiger partial charge in [0.2, 0.25) is 0 Å². The molecule has 0 spiro atoms. The van der Waals surface area contributed by atoms with Crippen LogP contribution >= 0.6 is 0 Å². The lowest BCUT2D eigenvalue weighted by Gasteiger charge is -2.41. The van der Waals surface area contributed by atoms with Gasteiger partial charge in [0.25, 0.3) is 11.6 Å². The molecule has 0 saturated heterocycles. The lowest BCUT2D eigenvalue weighted by atomic mass is 9.99. The number of carbonyl (C=O) groups excluding carboxylic acids is 1. The predicted molar refractivity (Wildman–Crippen MR) is 96.6 cm³/mol. The highest BCUT2D eigenvalue weighted by molar-refractivity contribution is 6.01. The summed E-state index contributed by atoms with van der Waals surface area (Å²) in [5.74, 6) is -0.0584. The van der Waals surface area contributed by atoms with Crippen LogP contribution in [0, 0.1) is 17.0 Å². The molecule has 1 N–H and O–H groups in total. The molecule has 2 atom stereocenters. The Morgan fingerprint density at radius 1 is 1.28 bits per heavy atom. The van der Waals surface area contributed by atoms with Gasteiger partial charge in [0.15, 0.2) is 0 Å². The van der Waals surface area contributed by atoms with Crippen molar-refractivity contribution in [2.45, 2.75) is 39.4 Å². The molecular weight excluding hydrogens is 318 g/mol. The summed E-state index contributed by atoms with van der Waals surface area (Å²) in [6, 6.07) is 12.5. The summed E-state index contributed by atoms with van der Waals surface area (Å²) in [7, 11) is 0. The van der Waals surface area contributed by atoms with Crippen molar-refractivity contribution in [3.8, 4) is 0 Å². The number of hydrogen-bond acceptors (Lipinski definition) is 4. The van der Waals surface area contributed by atoms with E-state index in [2.05, 4.69) is 5.32 Å². The van der Waals surface area contributed by atoms with Gasteiger partial charge in [-0.3, -0.25) is 14.9 Å². The van der Waals surface area contributed by atoms with E-state index in [1.165, 1.54) is 0 Å². The van der Waals surface area contributed by atoms with E-state index in [1.807, 2.05) is 38.1 Å². The van der Waals surface area contributed by atoms with Crippen LogP contribution in [0.3, 0.4) is 0 Å². The summed E-state index contributed by atoms with van der Waals surface area (Å²) in [5.41, 5.74) is 2.75. The second-order valence-electron chi connectivity index (χ2n) is 6.37. The van der Waals surface area contributed by atoms with Gasteiger partial charge in [-0.15, -0.1) is 0 Å². The highest BCUT2D eigenvalue weighted by Gasteiger charge is 2.35. The minimum absolute atomic E-state index is 0.00119. The lowest BCUT2D eigenvalue weighted by Crippen LogP contribution is -2.47. The smallest absolute Gasteiger partial charge is 0.272 e. The Balaban J connectivity index is 2.11. The van der Waals surface area contributed by atoms with Gasteiger partial charge >= 0.3 is 0 Å². The van der Waals surface area contributed by atoms with Crippen LogP contribution in [-0.2, 0) is 0 Å². The maximum absolute atomic E-state index is 13.0. The van der Waals surface area contributed by atoms with Crippen molar-refractivity contribution in [2.75, 3.05) is 5.32 Å². The van der Waals surface area contributed by atoms with E-state index in [-0.39, 0.29) is 22.6 Å². The number of para-hydroxylation sites is 1. The van der Waals surface area contributed by atoms with Crippen molar-refractivity contribution in [2.24, 2.45) is 0 Å². The average Bonchev–Trinajstić information content (AvgIpc) is 2.61. The number of hydrogen-bond donors (Lipinski definition) is 1. The van der Waals surface area contributed by atoms with Gasteiger partial charge in [0, 0.05) is 28.9 Å². The van der Waals surface area contributed by atoms with Crippen LogP contribution in [0.15, 0.2) is 42.5 Å². The molecule has 0 aliphatic carbocycles. The highest BCUT2D eigenvalue weighted by Crippen LogP contribution is 2.36. The zero-order valence-corrected chi connectivity index (χ0v) is 14.5. The molecular formula is C19H21N3O3. The van der Waals surface area contributed by atoms with Crippen molar-refractivity contribution in [3.05, 3.63) is 69.3 Å². The topological polar surface area (TPSA) is 75.5 Å². The number of amides is 1. The zero-order chi connectivity index (χ0) is 18.1. The summed E-state index contributed by atoms with van der Waals surface area (Å²) < 4.78 is 0. The number of rotatable bonds is 4. The molecule has 0 saturated carbocycles. The SMILES string of the molecule is CC[C@H](C)N1C(=O)c2ccccc2N[C@H]1c1ccc(C)c([N+](=O)[O-])c1. The van der Waals surface area contributed by atoms with Crippen molar-refractivity contribution in [1.29, 1.82) is 0 Å². The van der Waals surface area contributed by atoms with Gasteiger partial charge in [-0.2, -0.15) is 0 Å². The maximum Gasteiger partial charge on any atom is 0.272 e. The van der Waals surface area contributed by atoms with Crippen LogP contribution in [0.5, 0.6) is 0 Å². The summed E-state index contributed by atoms with van der Waals surface area (Å²) in [4.78, 5) is 25.7. The number of nitro benzene ring substituents is 1. The number of anilines is 1. The second-order valence-corrected chi connectivity index (χ2v) is 6.37. The normalized spacial score (nSPS) is 17.6. The van der Waals surface area contributed by atoms with Gasteiger partial charge < -0.3 is 10.2 Å². The average molecular weight is 339 g/mol. The molecule has 1 aliphatic heterocycles. The molecule has 2 aromatic carbocycles. The van der Waals surface area contributed by atoms with E-state index in [0.29, 0.717) is 16.7 Å². The first-order valence-electron chi connectivity index (χ1n) is 8.37. The van der Waals surface area contributed by atoms with E-state index < -0.39 is 6.17 Å². The molecule has 3 rings (SSSR count). The van der Waals surface area contributed by atoms with Crippen LogP contribution in [0.4, 0.5) is 11.4 Å². The van der Waals surface area contributed by atoms with E-state index in [4.69, 9.17) is 0 Å². The van der Waals surface area contributed by atoms with Crippen LogP contribution in [0.25, 0.3) is 0 Å². The molecule has 0 bridgehead atoms. The molecule has 1 amide bonds. The Labute approximate surface area is 146 Å². The number of aryl methyl sites for hydroxylation is 1. The monoisotopic (exact) mass is 339 g/mol. The third kappa shape index (κ3) is 2.95. The van der Waals surface area contributed by atoms with Crippen molar-refractivity contribution in [1.82, 2.24) is 4.90 Å². The minimum atomic E-state index is -0.434. The molecule has 0 aromatic heterocycles. The van der Waals surface area contributed by atoms with E-state index in [9.17, 15) is 14.9 Å². The number of fused-ring (bicyclic) bond motifs is 1. The number of nitro groups is 1. The maximum atomic E-state index is 13.0. The molecule has 25 heavy (non-hydrogen) atoms. The first-order chi connectivity index (χ1) is 11.9. The second kappa shape index (κ2) is 6.55. The molecule has 2 aromatic rings. The first kappa shape index (κ1) is 17.0. The summed E-state index contributed by atoms with van der Waals surface area (Å²) in [6.45, 7) is 5.72. The van der Waals surface area contributed by atoms with Gasteiger partial charge in [-0.25, -0.2) is 0 Å². The third-order valence-corrected chi connectivity index (χ3v) is 4.77. The Hall–Kier alpha value is -2.89. The summed E-state index contributed by atoms with van der Waals surface area (Å²) >= 11 is 0. The third-order valence-electron chi connectivity index (χ3n) is 4.77. The van der Waals surface area contributed by atoms with Crippen LogP contribution in [0.2, 0.25) is 0 Å². The van der Waals surface area contributed by atoms with Gasteiger partial charge in [0.05, 0.1) is 10.5 Å². The molecule has 0 unspecified atom stereocenters. The fourth-order valence-electron chi connectivity index (χ4n) is 3.16. The fourth-order valence-corrected chi connectivity index (χ4v) is 3.16. The summed E-state index contributed by atoms with van der Waals surface area (Å²) in [6.07, 6.45) is 0.358. The number of nitrogens with one attached hydrogen (secondary N) is 1. The molecule has 1 aliphatic rings. The lowest BCUT2D eigenvalue weighted by molar-refractivity contribution is -0.385. The van der Waals surface area contributed by atoms with E-state index >= 15 is 0 Å². The van der Waals surface area contributed by atoms with Crippen LogP contribution < -0.4 is 5.32 Å². The van der Waals surface area contributed by atoms with E-state index in [1.54, 1.807) is 30.0 Å². The Morgan fingerprint density at radius 3 is 2.68 bits per heavy atom. The number of carbonyl (C=O) groups is 1. The Morgan fingerprint density at radius 2 is 2.00 bits per heavy atom. The number of benzene rings is 2. The van der Waals surface area contributed by atoms with Crippen molar-refractivity contribution in [3.63, 3.8) is 0 Å². The predicted octanol–water partition coefficient (Wildman–Crippen LogP) is 4.27. The van der Waals surface area contributed by atoms with Gasteiger partial charge in [-0.05, 0) is 32.4 Å². The highest BCUT2D eigenvalue weighted by atomic mass is 16.6. The number of nitrogens with zero attached hydrogens (tertiary/aromatic N) is 2. The summed E-state index contributed by atoms with van der Waals surface area (Å²) in [5, 5.41) is 14.7. The standard InChI is InChI=1S/C19H21N3O3/c1-4-13(3)21-18(14-10-9-12(2)17(11-14)22(24)25)20-16-8-6-5-7-15(16)19(21)23/h5-11,13,18,20H,4H2,1-3H3/t13-,18+/m0/s1. The largest absolute Gasteiger partial charge is 0.361 e. The van der Waals surface area contributed by atoms with Crippen molar-refractivity contribution < 1.29 is 9.72 Å². The molecule has 0 radical (unpaired) electrons. The van der Waals surface area contributed by atoms with E-state index in [0.717, 1.165) is 12.1 Å². The van der Waals surface area contributed by atoms with Crippen molar-refractivity contribution >= 4 is 17.3 Å². The molecule has 1 heterocycles. The molecule has 6 nitrogen and oxygen atoms in total. The Bertz CT molecular complexity index is 834. The molecule has 130 valence electrons. The molecule has 6 heteroatoms. The molecule has 0 fully saturated rings. The fraction of sp³-hybridized carbons (Fsp3) is 0.316. The van der Waals surface area contributed by atoms with Crippen LogP contribution in [0.1, 0.15) is 47.9 Å². The minimum Gasteiger partial charge on any atom is -0.361 e. The zero-order valence-electron chi connectivity index (χ0n) is 14.5. The first-order valence-corrected chi connectivity index (χ1v) is 8.37.